The van der Waals surface area contributed by atoms with Crippen molar-refractivity contribution in [2.24, 2.45) is 5.92 Å². The lowest BCUT2D eigenvalue weighted by molar-refractivity contribution is -0.384. The van der Waals surface area contributed by atoms with Gasteiger partial charge in [0, 0.05) is 37.5 Å². The van der Waals surface area contributed by atoms with Gasteiger partial charge in [0.25, 0.3) is 11.6 Å². The molecule has 30 heavy (non-hydrogen) atoms. The Bertz CT molecular complexity index is 926. The molecule has 0 aliphatic carbocycles. The van der Waals surface area contributed by atoms with Crippen molar-refractivity contribution in [3.05, 3.63) is 52.3 Å². The summed E-state index contributed by atoms with van der Waals surface area (Å²) in [5, 5.41) is 18.3. The first-order valence-corrected chi connectivity index (χ1v) is 10.3. The zero-order chi connectivity index (χ0) is 21.7. The second kappa shape index (κ2) is 9.51. The number of nitrogens with one attached hydrogen (secondary N) is 1. The van der Waals surface area contributed by atoms with Crippen LogP contribution >= 0.6 is 0 Å². The van der Waals surface area contributed by atoms with Gasteiger partial charge in [-0.25, -0.2) is 4.68 Å². The third-order valence-electron chi connectivity index (χ3n) is 5.30. The van der Waals surface area contributed by atoms with Gasteiger partial charge in [-0.2, -0.15) is 5.10 Å². The molecule has 1 aliphatic rings. The predicted molar refractivity (Wildman–Crippen MR) is 111 cm³/mol. The largest absolute Gasteiger partial charge is 0.353 e. The molecule has 0 bridgehead atoms. The molecular weight excluding hydrogens is 386 g/mol. The maximum atomic E-state index is 12.9. The molecule has 1 saturated heterocycles. The monoisotopic (exact) mass is 413 g/mol. The van der Waals surface area contributed by atoms with Crippen LogP contribution in [0.5, 0.6) is 0 Å². The summed E-state index contributed by atoms with van der Waals surface area (Å²) in [6.45, 7) is 5.02. The van der Waals surface area contributed by atoms with Gasteiger partial charge < -0.3 is 10.2 Å². The highest BCUT2D eigenvalue weighted by Crippen LogP contribution is 2.20. The van der Waals surface area contributed by atoms with Gasteiger partial charge in [0.05, 0.1) is 16.5 Å². The summed E-state index contributed by atoms with van der Waals surface area (Å²) in [4.78, 5) is 37.6. The molecule has 0 radical (unpaired) electrons. The predicted octanol–water partition coefficient (Wildman–Crippen LogP) is 2.94. The Labute approximate surface area is 175 Å². The highest BCUT2D eigenvalue weighted by molar-refractivity contribution is 5.93. The minimum atomic E-state index is -0.473. The molecule has 2 heterocycles. The fourth-order valence-electron chi connectivity index (χ4n) is 3.73. The lowest BCUT2D eigenvalue weighted by Gasteiger charge is -2.32. The molecule has 0 saturated carbocycles. The number of carbonyl (C=O) groups is 2. The fraction of sp³-hybridized carbons (Fsp3) is 0.476. The van der Waals surface area contributed by atoms with E-state index in [1.807, 2.05) is 6.92 Å². The minimum absolute atomic E-state index is 0.00410. The Morgan fingerprint density at radius 2 is 2.17 bits per heavy atom. The molecule has 160 valence electrons. The molecule has 1 fully saturated rings. The molecular formula is C21H27N5O4. The average Bonchev–Trinajstić information content (AvgIpc) is 3.24. The van der Waals surface area contributed by atoms with E-state index in [9.17, 15) is 19.7 Å². The zero-order valence-electron chi connectivity index (χ0n) is 17.3. The molecule has 9 heteroatoms. The molecule has 1 aromatic carbocycles. The average molecular weight is 413 g/mol. The number of hydrogen-bond donors (Lipinski definition) is 1. The maximum Gasteiger partial charge on any atom is 0.274 e. The van der Waals surface area contributed by atoms with E-state index in [0.29, 0.717) is 18.8 Å². The molecule has 2 aromatic rings. The van der Waals surface area contributed by atoms with Crippen molar-refractivity contribution >= 4 is 17.5 Å². The zero-order valence-corrected chi connectivity index (χ0v) is 17.3. The number of carbonyl (C=O) groups excluding carboxylic acids is 2. The maximum absolute atomic E-state index is 12.9. The van der Waals surface area contributed by atoms with Crippen LogP contribution in [0.3, 0.4) is 0 Å². The SMILES string of the molecule is CCCC(C)NC(=O)C1CCCN(C(=O)c2ccn(-c3cccc([N+](=O)[O-])c3)n2)C1. The number of nitro groups is 1. The lowest BCUT2D eigenvalue weighted by atomic mass is 9.96. The Hall–Kier alpha value is -3.23. The number of nitrogens with zero attached hydrogens (tertiary/aromatic N) is 4. The van der Waals surface area contributed by atoms with Gasteiger partial charge in [0.1, 0.15) is 0 Å². The standard InChI is InChI=1S/C21H27N5O4/c1-3-6-15(2)22-20(27)16-7-5-11-24(14-16)21(28)19-10-12-25(23-19)17-8-4-9-18(13-17)26(29)30/h4,8-10,12-13,15-16H,3,5-7,11,14H2,1-2H3,(H,22,27). The van der Waals surface area contributed by atoms with Crippen LogP contribution in [-0.2, 0) is 4.79 Å². The molecule has 0 spiro atoms. The Morgan fingerprint density at radius 3 is 2.90 bits per heavy atom. The third kappa shape index (κ3) is 5.03. The van der Waals surface area contributed by atoms with Crippen LogP contribution in [0, 0.1) is 16.0 Å². The minimum Gasteiger partial charge on any atom is -0.353 e. The van der Waals surface area contributed by atoms with E-state index in [-0.39, 0.29) is 35.2 Å². The van der Waals surface area contributed by atoms with Crippen LogP contribution in [0.4, 0.5) is 5.69 Å². The van der Waals surface area contributed by atoms with Crippen LogP contribution in [0.1, 0.15) is 50.0 Å². The highest BCUT2D eigenvalue weighted by Gasteiger charge is 2.30. The second-order valence-corrected chi connectivity index (χ2v) is 7.71. The molecule has 3 rings (SSSR count). The van der Waals surface area contributed by atoms with E-state index in [4.69, 9.17) is 0 Å². The molecule has 1 aliphatic heterocycles. The number of likely N-dealkylation sites (tertiary alicyclic amines) is 1. The number of benzene rings is 1. The molecule has 9 nitrogen and oxygen atoms in total. The van der Waals surface area contributed by atoms with Gasteiger partial charge in [-0.1, -0.05) is 19.4 Å². The van der Waals surface area contributed by atoms with Crippen molar-refractivity contribution in [1.82, 2.24) is 20.0 Å². The van der Waals surface area contributed by atoms with Crippen LogP contribution < -0.4 is 5.32 Å². The van der Waals surface area contributed by atoms with Crippen LogP contribution in [0.2, 0.25) is 0 Å². The molecule has 2 amide bonds. The van der Waals surface area contributed by atoms with Crippen LogP contribution in [-0.4, -0.2) is 50.5 Å². The van der Waals surface area contributed by atoms with Crippen LogP contribution in [0.15, 0.2) is 36.5 Å². The number of nitro benzene ring substituents is 1. The van der Waals surface area contributed by atoms with Gasteiger partial charge in [0.15, 0.2) is 5.69 Å². The normalized spacial score (nSPS) is 17.4. The third-order valence-corrected chi connectivity index (χ3v) is 5.30. The topological polar surface area (TPSA) is 110 Å². The van der Waals surface area contributed by atoms with E-state index in [1.54, 1.807) is 29.3 Å². The lowest BCUT2D eigenvalue weighted by Crippen LogP contribution is -2.47. The summed E-state index contributed by atoms with van der Waals surface area (Å²) >= 11 is 0. The van der Waals surface area contributed by atoms with Crippen molar-refractivity contribution in [3.8, 4) is 5.69 Å². The van der Waals surface area contributed by atoms with Crippen molar-refractivity contribution in [2.45, 2.75) is 45.6 Å². The van der Waals surface area contributed by atoms with Gasteiger partial charge >= 0.3 is 0 Å². The molecule has 2 unspecified atom stereocenters. The van der Waals surface area contributed by atoms with E-state index < -0.39 is 4.92 Å². The van der Waals surface area contributed by atoms with Gasteiger partial charge in [0.2, 0.25) is 5.91 Å². The number of amides is 2. The number of piperidine rings is 1. The Balaban J connectivity index is 1.67. The van der Waals surface area contributed by atoms with Crippen molar-refractivity contribution in [1.29, 1.82) is 0 Å². The van der Waals surface area contributed by atoms with Crippen molar-refractivity contribution in [3.63, 3.8) is 0 Å². The summed E-state index contributed by atoms with van der Waals surface area (Å²) in [7, 11) is 0. The van der Waals surface area contributed by atoms with Gasteiger partial charge in [-0.05, 0) is 38.3 Å². The number of rotatable bonds is 7. The highest BCUT2D eigenvalue weighted by atomic mass is 16.6. The van der Waals surface area contributed by atoms with Crippen LogP contribution in [0.25, 0.3) is 5.69 Å². The van der Waals surface area contributed by atoms with Gasteiger partial charge in [-0.3, -0.25) is 19.7 Å². The van der Waals surface area contributed by atoms with E-state index in [2.05, 4.69) is 17.3 Å². The summed E-state index contributed by atoms with van der Waals surface area (Å²) < 4.78 is 1.45. The van der Waals surface area contributed by atoms with Gasteiger partial charge in [-0.15, -0.1) is 0 Å². The van der Waals surface area contributed by atoms with E-state index in [0.717, 1.165) is 25.7 Å². The van der Waals surface area contributed by atoms with Crippen molar-refractivity contribution in [2.75, 3.05) is 13.1 Å². The first-order chi connectivity index (χ1) is 14.4. The molecule has 1 N–H and O–H groups in total. The Kier molecular flexibility index (Phi) is 6.81. The van der Waals surface area contributed by atoms with E-state index >= 15 is 0 Å². The smallest absolute Gasteiger partial charge is 0.274 e. The quantitative estimate of drug-likeness (QED) is 0.554. The summed E-state index contributed by atoms with van der Waals surface area (Å²) in [5.74, 6) is -0.463. The van der Waals surface area contributed by atoms with E-state index in [1.165, 1.54) is 16.8 Å². The first-order valence-electron chi connectivity index (χ1n) is 10.3. The summed E-state index contributed by atoms with van der Waals surface area (Å²) in [5.41, 5.74) is 0.712. The van der Waals surface area contributed by atoms with Crippen molar-refractivity contribution < 1.29 is 14.5 Å². The number of non-ortho nitro benzene ring substituents is 1. The molecule has 2 atom stereocenters. The first kappa shape index (κ1) is 21.5. The fourth-order valence-corrected chi connectivity index (χ4v) is 3.73. The number of hydrogen-bond acceptors (Lipinski definition) is 5. The number of aromatic nitrogens is 2. The summed E-state index contributed by atoms with van der Waals surface area (Å²) in [6.07, 6.45) is 5.06. The second-order valence-electron chi connectivity index (χ2n) is 7.71. The molecule has 1 aromatic heterocycles. The Morgan fingerprint density at radius 1 is 1.37 bits per heavy atom. The summed E-state index contributed by atoms with van der Waals surface area (Å²) in [6, 6.07) is 7.78.